The van der Waals surface area contributed by atoms with Gasteiger partial charge < -0.3 is 15.2 Å². The number of nitrogen functional groups attached to an aromatic ring is 1. The van der Waals surface area contributed by atoms with Crippen molar-refractivity contribution in [2.24, 2.45) is 0 Å². The number of aromatic nitrogens is 2. The standard InChI is InChI=1S/C6H9N3O2/c1-10-5-3-4(7)6(11-2)9-8-5/h3H,1-2H3,(H2,7,8). The zero-order chi connectivity index (χ0) is 8.27. The topological polar surface area (TPSA) is 70.3 Å². The molecule has 0 unspecified atom stereocenters. The van der Waals surface area contributed by atoms with Crippen LogP contribution in [0, 0.1) is 0 Å². The average molecular weight is 155 g/mol. The van der Waals surface area contributed by atoms with Crippen LogP contribution in [0.2, 0.25) is 0 Å². The van der Waals surface area contributed by atoms with Crippen LogP contribution in [0.4, 0.5) is 5.69 Å². The predicted octanol–water partition coefficient (Wildman–Crippen LogP) is 0.0760. The van der Waals surface area contributed by atoms with Crippen LogP contribution in [0.3, 0.4) is 0 Å². The zero-order valence-electron chi connectivity index (χ0n) is 6.37. The normalized spacial score (nSPS) is 9.27. The van der Waals surface area contributed by atoms with Gasteiger partial charge in [0.2, 0.25) is 5.88 Å². The van der Waals surface area contributed by atoms with Gasteiger partial charge in [-0.05, 0) is 0 Å². The quantitative estimate of drug-likeness (QED) is 0.654. The molecule has 0 aromatic carbocycles. The van der Waals surface area contributed by atoms with Gasteiger partial charge in [-0.15, -0.1) is 10.2 Å². The van der Waals surface area contributed by atoms with E-state index in [4.69, 9.17) is 15.2 Å². The predicted molar refractivity (Wildman–Crippen MR) is 39.5 cm³/mol. The molecule has 0 bridgehead atoms. The second kappa shape index (κ2) is 3.05. The van der Waals surface area contributed by atoms with E-state index in [-0.39, 0.29) is 0 Å². The minimum absolute atomic E-state index is 0.311. The van der Waals surface area contributed by atoms with Crippen LogP contribution in [-0.4, -0.2) is 24.4 Å². The summed E-state index contributed by atoms with van der Waals surface area (Å²) >= 11 is 0. The molecule has 0 amide bonds. The van der Waals surface area contributed by atoms with Crippen molar-refractivity contribution in [3.8, 4) is 11.8 Å². The Hall–Kier alpha value is -1.52. The molecule has 5 heteroatoms. The molecule has 0 aliphatic heterocycles. The average Bonchev–Trinajstić information content (AvgIpc) is 2.04. The Kier molecular flexibility index (Phi) is 2.10. The van der Waals surface area contributed by atoms with Gasteiger partial charge in [-0.2, -0.15) is 0 Å². The Bertz CT molecular complexity index is 252. The molecule has 0 radical (unpaired) electrons. The Labute approximate surface area is 64.1 Å². The summed E-state index contributed by atoms with van der Waals surface area (Å²) in [5.74, 6) is 0.689. The van der Waals surface area contributed by atoms with E-state index < -0.39 is 0 Å². The van der Waals surface area contributed by atoms with Gasteiger partial charge in [0.05, 0.1) is 14.2 Å². The third-order valence-corrected chi connectivity index (χ3v) is 1.17. The first-order chi connectivity index (χ1) is 5.27. The summed E-state index contributed by atoms with van der Waals surface area (Å²) < 4.78 is 9.58. The highest BCUT2D eigenvalue weighted by Crippen LogP contribution is 2.19. The molecule has 5 nitrogen and oxygen atoms in total. The summed E-state index contributed by atoms with van der Waals surface area (Å²) in [6, 6.07) is 1.55. The Morgan fingerprint density at radius 2 is 2.00 bits per heavy atom. The molecule has 0 saturated carbocycles. The number of methoxy groups -OCH3 is 2. The number of hydrogen-bond acceptors (Lipinski definition) is 5. The third kappa shape index (κ3) is 1.49. The minimum Gasteiger partial charge on any atom is -0.480 e. The van der Waals surface area contributed by atoms with Gasteiger partial charge in [-0.25, -0.2) is 0 Å². The molecular weight excluding hydrogens is 146 g/mol. The summed E-state index contributed by atoms with van der Waals surface area (Å²) in [4.78, 5) is 0. The van der Waals surface area contributed by atoms with E-state index in [9.17, 15) is 0 Å². The molecule has 2 N–H and O–H groups in total. The van der Waals surface area contributed by atoms with E-state index >= 15 is 0 Å². The highest BCUT2D eigenvalue weighted by atomic mass is 16.5. The molecule has 0 fully saturated rings. The molecular formula is C6H9N3O2. The summed E-state index contributed by atoms with van der Waals surface area (Å²) in [5, 5.41) is 7.30. The lowest BCUT2D eigenvalue weighted by molar-refractivity contribution is 0.369. The summed E-state index contributed by atoms with van der Waals surface area (Å²) in [6.07, 6.45) is 0. The van der Waals surface area contributed by atoms with Gasteiger partial charge in [-0.3, -0.25) is 0 Å². The van der Waals surface area contributed by atoms with E-state index in [1.165, 1.54) is 14.2 Å². The number of hydrogen-bond donors (Lipinski definition) is 1. The summed E-state index contributed by atoms with van der Waals surface area (Å²) in [5.41, 5.74) is 5.92. The van der Waals surface area contributed by atoms with E-state index in [1.54, 1.807) is 6.07 Å². The van der Waals surface area contributed by atoms with Gasteiger partial charge in [0.15, 0.2) is 0 Å². The number of rotatable bonds is 2. The monoisotopic (exact) mass is 155 g/mol. The molecule has 1 heterocycles. The van der Waals surface area contributed by atoms with E-state index in [2.05, 4.69) is 10.2 Å². The lowest BCUT2D eigenvalue weighted by Gasteiger charge is -2.02. The SMILES string of the molecule is COc1cc(N)c(OC)nn1. The van der Waals surface area contributed by atoms with E-state index in [1.807, 2.05) is 0 Å². The van der Waals surface area contributed by atoms with Crippen molar-refractivity contribution in [2.45, 2.75) is 0 Å². The third-order valence-electron chi connectivity index (χ3n) is 1.17. The number of nitrogens with two attached hydrogens (primary N) is 1. The minimum atomic E-state index is 0.311. The first kappa shape index (κ1) is 7.59. The second-order valence-corrected chi connectivity index (χ2v) is 1.85. The van der Waals surface area contributed by atoms with Crippen LogP contribution in [0.5, 0.6) is 11.8 Å². The molecule has 1 aromatic heterocycles. The molecule has 11 heavy (non-hydrogen) atoms. The zero-order valence-corrected chi connectivity index (χ0v) is 6.37. The number of nitrogens with zero attached hydrogens (tertiary/aromatic N) is 2. The maximum absolute atomic E-state index is 5.50. The first-order valence-corrected chi connectivity index (χ1v) is 2.99. The number of ether oxygens (including phenoxy) is 2. The Morgan fingerprint density at radius 1 is 1.27 bits per heavy atom. The molecule has 0 aliphatic rings. The molecule has 1 aromatic rings. The van der Waals surface area contributed by atoms with Gasteiger partial charge >= 0.3 is 0 Å². The summed E-state index contributed by atoms with van der Waals surface area (Å²) in [6.45, 7) is 0. The second-order valence-electron chi connectivity index (χ2n) is 1.85. The number of anilines is 1. The fourth-order valence-corrected chi connectivity index (χ4v) is 0.634. The van der Waals surface area contributed by atoms with Gasteiger partial charge in [0, 0.05) is 6.07 Å². The van der Waals surface area contributed by atoms with Crippen LogP contribution >= 0.6 is 0 Å². The first-order valence-electron chi connectivity index (χ1n) is 2.99. The van der Waals surface area contributed by atoms with Crippen molar-refractivity contribution >= 4 is 5.69 Å². The lowest BCUT2D eigenvalue weighted by Crippen LogP contribution is -1.98. The van der Waals surface area contributed by atoms with E-state index in [0.717, 1.165) is 0 Å². The van der Waals surface area contributed by atoms with Crippen molar-refractivity contribution in [1.82, 2.24) is 10.2 Å². The van der Waals surface area contributed by atoms with Crippen LogP contribution < -0.4 is 15.2 Å². The molecule has 60 valence electrons. The highest BCUT2D eigenvalue weighted by molar-refractivity contribution is 5.48. The summed E-state index contributed by atoms with van der Waals surface area (Å²) in [7, 11) is 2.97. The Balaban J connectivity index is 2.99. The van der Waals surface area contributed by atoms with Crippen molar-refractivity contribution in [1.29, 1.82) is 0 Å². The molecule has 0 saturated heterocycles. The van der Waals surface area contributed by atoms with E-state index in [0.29, 0.717) is 17.4 Å². The van der Waals surface area contributed by atoms with Crippen molar-refractivity contribution in [3.63, 3.8) is 0 Å². The Morgan fingerprint density at radius 3 is 2.45 bits per heavy atom. The van der Waals surface area contributed by atoms with Gasteiger partial charge in [0.1, 0.15) is 5.69 Å². The van der Waals surface area contributed by atoms with Gasteiger partial charge in [0.25, 0.3) is 5.88 Å². The smallest absolute Gasteiger partial charge is 0.256 e. The molecule has 0 aliphatic carbocycles. The molecule has 0 spiro atoms. The fourth-order valence-electron chi connectivity index (χ4n) is 0.634. The van der Waals surface area contributed by atoms with Crippen LogP contribution in [0.1, 0.15) is 0 Å². The van der Waals surface area contributed by atoms with Crippen molar-refractivity contribution < 1.29 is 9.47 Å². The lowest BCUT2D eigenvalue weighted by atomic mass is 10.4. The van der Waals surface area contributed by atoms with Crippen LogP contribution in [0.15, 0.2) is 6.07 Å². The van der Waals surface area contributed by atoms with Crippen LogP contribution in [0.25, 0.3) is 0 Å². The molecule has 1 rings (SSSR count). The van der Waals surface area contributed by atoms with Crippen molar-refractivity contribution in [2.75, 3.05) is 20.0 Å². The largest absolute Gasteiger partial charge is 0.480 e. The fraction of sp³-hybridized carbons (Fsp3) is 0.333. The highest BCUT2D eigenvalue weighted by Gasteiger charge is 2.02. The maximum Gasteiger partial charge on any atom is 0.256 e. The maximum atomic E-state index is 5.50. The van der Waals surface area contributed by atoms with Crippen molar-refractivity contribution in [3.05, 3.63) is 6.07 Å². The molecule has 0 atom stereocenters. The van der Waals surface area contributed by atoms with Crippen LogP contribution in [-0.2, 0) is 0 Å². The van der Waals surface area contributed by atoms with Gasteiger partial charge in [-0.1, -0.05) is 0 Å².